The normalized spacial score (nSPS) is 51.6. The molecule has 4 bridgehead atoms. The van der Waals surface area contributed by atoms with Crippen molar-refractivity contribution in [3.05, 3.63) is 34.3 Å². The average molecular weight is 383 g/mol. The highest BCUT2D eigenvalue weighted by atomic mass is 79.9. The van der Waals surface area contributed by atoms with Crippen molar-refractivity contribution >= 4 is 15.9 Å². The average Bonchev–Trinajstić information content (AvgIpc) is 3.46. The van der Waals surface area contributed by atoms with Crippen LogP contribution in [0.4, 0.5) is 0 Å². The van der Waals surface area contributed by atoms with Gasteiger partial charge in [-0.05, 0) is 11.6 Å². The first-order chi connectivity index (χ1) is 11.2. The molecule has 1 aliphatic carbocycles. The standard InChI is InChI=1S/C16H15BrO6/c17-9-4-2-1-3-8(9)5-18-10-11-15(6-19-15)13-16(7-20-16)12(10)22-14(21-11)23-13/h1-4,10-14H,5-7H2/t10?,11-,12-,13?,14?,15-,16-/m1/s1. The Balaban J connectivity index is 1.31. The molecule has 6 nitrogen and oxygen atoms in total. The smallest absolute Gasteiger partial charge is 0.273 e. The van der Waals surface area contributed by atoms with Gasteiger partial charge in [0.05, 0.1) is 19.8 Å². The molecule has 0 N–H and O–H groups in total. The van der Waals surface area contributed by atoms with Crippen LogP contribution in [0.5, 0.6) is 0 Å². The molecule has 23 heavy (non-hydrogen) atoms. The van der Waals surface area contributed by atoms with Gasteiger partial charge in [-0.3, -0.25) is 0 Å². The van der Waals surface area contributed by atoms with E-state index < -0.39 is 17.7 Å². The maximum absolute atomic E-state index is 6.24. The maximum atomic E-state index is 6.24. The second kappa shape index (κ2) is 4.35. The van der Waals surface area contributed by atoms with Crippen molar-refractivity contribution in [1.29, 1.82) is 0 Å². The molecule has 5 heterocycles. The fraction of sp³-hybridized carbons (Fsp3) is 0.625. The Morgan fingerprint density at radius 2 is 1.70 bits per heavy atom. The molecule has 7 rings (SSSR count). The molecule has 6 aliphatic rings. The summed E-state index contributed by atoms with van der Waals surface area (Å²) in [7, 11) is 0. The van der Waals surface area contributed by atoms with E-state index in [1.54, 1.807) is 0 Å². The molecule has 0 amide bonds. The highest BCUT2D eigenvalue weighted by Gasteiger charge is 2.84. The van der Waals surface area contributed by atoms with Gasteiger partial charge in [0, 0.05) is 4.47 Å². The van der Waals surface area contributed by atoms with Crippen molar-refractivity contribution in [2.24, 2.45) is 0 Å². The van der Waals surface area contributed by atoms with Crippen molar-refractivity contribution < 1.29 is 28.4 Å². The molecular weight excluding hydrogens is 368 g/mol. The van der Waals surface area contributed by atoms with Crippen molar-refractivity contribution in [2.45, 2.75) is 48.7 Å². The second-order valence-corrected chi connectivity index (χ2v) is 7.63. The fourth-order valence-electron chi connectivity index (χ4n) is 4.26. The summed E-state index contributed by atoms with van der Waals surface area (Å²) in [6.45, 7) is 1.11. The van der Waals surface area contributed by atoms with E-state index in [1.165, 1.54) is 0 Å². The number of halogens is 1. The Hall–Kier alpha value is -0.540. The summed E-state index contributed by atoms with van der Waals surface area (Å²) in [6.07, 6.45) is -0.658. The first-order valence-corrected chi connectivity index (χ1v) is 8.62. The summed E-state index contributed by atoms with van der Waals surface area (Å²) in [5, 5.41) is 0. The summed E-state index contributed by atoms with van der Waals surface area (Å²) >= 11 is 3.56. The first-order valence-electron chi connectivity index (χ1n) is 7.82. The Labute approximate surface area is 141 Å². The van der Waals surface area contributed by atoms with E-state index in [0.717, 1.165) is 10.0 Å². The van der Waals surface area contributed by atoms with E-state index >= 15 is 0 Å². The van der Waals surface area contributed by atoms with Gasteiger partial charge >= 0.3 is 0 Å². The van der Waals surface area contributed by atoms with Crippen LogP contribution in [0.1, 0.15) is 5.56 Å². The number of ether oxygens (including phenoxy) is 6. The van der Waals surface area contributed by atoms with Crippen LogP contribution in [0.3, 0.4) is 0 Å². The number of benzene rings is 1. The fourth-order valence-corrected chi connectivity index (χ4v) is 4.66. The van der Waals surface area contributed by atoms with E-state index in [4.69, 9.17) is 28.4 Å². The number of rotatable bonds is 3. The Morgan fingerprint density at radius 1 is 1.04 bits per heavy atom. The SMILES string of the molecule is Brc1ccccc1COC1[C@H]2OC3OC([C@@]24CO4)[C@@]2(CO2)[C@@H]1O3. The minimum Gasteiger partial charge on any atom is -0.368 e. The highest BCUT2D eigenvalue weighted by molar-refractivity contribution is 9.10. The van der Waals surface area contributed by atoms with E-state index in [0.29, 0.717) is 19.8 Å². The minimum atomic E-state index is -0.622. The molecule has 1 aromatic carbocycles. The van der Waals surface area contributed by atoms with Gasteiger partial charge in [0.1, 0.15) is 35.6 Å². The van der Waals surface area contributed by atoms with Gasteiger partial charge in [-0.15, -0.1) is 0 Å². The predicted octanol–water partition coefficient (Wildman–Crippen LogP) is 1.35. The monoisotopic (exact) mass is 382 g/mol. The lowest BCUT2D eigenvalue weighted by atomic mass is 9.71. The predicted molar refractivity (Wildman–Crippen MR) is 78.5 cm³/mol. The molecule has 7 heteroatoms. The summed E-state index contributed by atoms with van der Waals surface area (Å²) in [5.74, 6) is 0. The molecule has 0 aromatic heterocycles. The van der Waals surface area contributed by atoms with E-state index in [9.17, 15) is 0 Å². The summed E-state index contributed by atoms with van der Waals surface area (Å²) < 4.78 is 36.5. The largest absolute Gasteiger partial charge is 0.368 e. The Bertz CT molecular complexity index is 642. The quantitative estimate of drug-likeness (QED) is 0.735. The van der Waals surface area contributed by atoms with Crippen LogP contribution in [0, 0.1) is 0 Å². The number of hydrogen-bond donors (Lipinski definition) is 0. The van der Waals surface area contributed by atoms with Crippen molar-refractivity contribution in [2.75, 3.05) is 13.2 Å². The van der Waals surface area contributed by atoms with Gasteiger partial charge in [-0.1, -0.05) is 34.1 Å². The van der Waals surface area contributed by atoms with Crippen molar-refractivity contribution in [3.8, 4) is 0 Å². The molecule has 122 valence electrons. The van der Waals surface area contributed by atoms with Gasteiger partial charge in [0.2, 0.25) is 0 Å². The van der Waals surface area contributed by atoms with Gasteiger partial charge in [-0.2, -0.15) is 0 Å². The first kappa shape index (κ1) is 13.7. The molecule has 5 saturated heterocycles. The van der Waals surface area contributed by atoms with Crippen LogP contribution >= 0.6 is 15.9 Å². The molecule has 4 atom stereocenters. The molecule has 2 spiro atoms. The molecule has 6 fully saturated rings. The maximum Gasteiger partial charge on any atom is 0.273 e. The number of hydrogen-bond acceptors (Lipinski definition) is 6. The van der Waals surface area contributed by atoms with Crippen molar-refractivity contribution in [1.82, 2.24) is 0 Å². The minimum absolute atomic E-state index is 0.110. The number of epoxide rings is 2. The van der Waals surface area contributed by atoms with Crippen LogP contribution in [-0.2, 0) is 35.0 Å². The van der Waals surface area contributed by atoms with Crippen molar-refractivity contribution in [3.63, 3.8) is 0 Å². The summed E-state index contributed by atoms with van der Waals surface area (Å²) in [4.78, 5) is 0. The van der Waals surface area contributed by atoms with E-state index in [1.807, 2.05) is 24.3 Å². The van der Waals surface area contributed by atoms with Crippen LogP contribution in [0.25, 0.3) is 0 Å². The third-order valence-corrected chi connectivity index (χ3v) is 6.33. The van der Waals surface area contributed by atoms with E-state index in [-0.39, 0.29) is 24.4 Å². The van der Waals surface area contributed by atoms with Crippen LogP contribution in [0.2, 0.25) is 0 Å². The molecular formula is C16H15BrO6. The van der Waals surface area contributed by atoms with Gasteiger partial charge in [0.15, 0.2) is 0 Å². The molecule has 0 radical (unpaired) electrons. The van der Waals surface area contributed by atoms with Crippen LogP contribution < -0.4 is 0 Å². The zero-order valence-electron chi connectivity index (χ0n) is 12.1. The van der Waals surface area contributed by atoms with Gasteiger partial charge < -0.3 is 28.4 Å². The topological polar surface area (TPSA) is 62.0 Å². The van der Waals surface area contributed by atoms with Gasteiger partial charge in [-0.25, -0.2) is 0 Å². The summed E-state index contributed by atoms with van der Waals surface area (Å²) in [5.41, 5.74) is 0.242. The Morgan fingerprint density at radius 3 is 2.30 bits per heavy atom. The summed E-state index contributed by atoms with van der Waals surface area (Å²) in [6, 6.07) is 8.03. The Kier molecular flexibility index (Phi) is 2.59. The zero-order chi connectivity index (χ0) is 15.2. The zero-order valence-corrected chi connectivity index (χ0v) is 13.7. The van der Waals surface area contributed by atoms with Gasteiger partial charge in [0.25, 0.3) is 6.48 Å². The lowest BCUT2D eigenvalue weighted by Gasteiger charge is -2.58. The molecule has 1 saturated carbocycles. The van der Waals surface area contributed by atoms with Crippen LogP contribution in [-0.4, -0.2) is 55.3 Å². The van der Waals surface area contributed by atoms with Crippen LogP contribution in [0.15, 0.2) is 28.7 Å². The third kappa shape index (κ3) is 1.68. The highest BCUT2D eigenvalue weighted by Crippen LogP contribution is 2.62. The molecule has 1 aromatic rings. The second-order valence-electron chi connectivity index (χ2n) is 6.77. The lowest BCUT2D eigenvalue weighted by Crippen LogP contribution is -2.78. The third-order valence-electron chi connectivity index (χ3n) is 5.55. The molecule has 5 aliphatic heterocycles. The van der Waals surface area contributed by atoms with E-state index in [2.05, 4.69) is 15.9 Å². The lowest BCUT2D eigenvalue weighted by molar-refractivity contribution is -0.477. The molecule has 0 unspecified atom stereocenters.